The van der Waals surface area contributed by atoms with E-state index < -0.39 is 0 Å². The van der Waals surface area contributed by atoms with Gasteiger partial charge >= 0.3 is 0 Å². The summed E-state index contributed by atoms with van der Waals surface area (Å²) < 4.78 is 5.16. The molecule has 0 aromatic heterocycles. The number of methoxy groups -OCH3 is 1. The van der Waals surface area contributed by atoms with Crippen LogP contribution in [0.3, 0.4) is 0 Å². The maximum atomic E-state index is 12.3. The van der Waals surface area contributed by atoms with Gasteiger partial charge in [0.2, 0.25) is 5.91 Å². The van der Waals surface area contributed by atoms with E-state index in [1.165, 1.54) is 32.1 Å². The Labute approximate surface area is 134 Å². The van der Waals surface area contributed by atoms with Gasteiger partial charge < -0.3 is 15.8 Å². The minimum absolute atomic E-state index is 0.0632. The molecule has 0 bridgehead atoms. The van der Waals surface area contributed by atoms with E-state index in [1.807, 2.05) is 0 Å². The minimum atomic E-state index is 0.0632. The topological polar surface area (TPSA) is 67.6 Å². The van der Waals surface area contributed by atoms with Crippen molar-refractivity contribution in [2.75, 3.05) is 39.9 Å². The number of amides is 1. The molecule has 1 amide bonds. The summed E-state index contributed by atoms with van der Waals surface area (Å²) in [6, 6.07) is 0.472. The van der Waals surface area contributed by atoms with Gasteiger partial charge in [-0.15, -0.1) is 0 Å². The van der Waals surface area contributed by atoms with E-state index in [9.17, 15) is 4.79 Å². The standard InChI is InChI=1S/C17H33N3O2/c1-22-11-10-20-9-5-6-15(20)13-19-16(21)12-17(14-18)7-3-2-4-8-17/h15H,2-14,18H2,1H3,(H,19,21). The van der Waals surface area contributed by atoms with Crippen molar-refractivity contribution in [1.29, 1.82) is 0 Å². The van der Waals surface area contributed by atoms with Crippen molar-refractivity contribution in [2.45, 2.75) is 57.4 Å². The predicted octanol–water partition coefficient (Wildman–Crippen LogP) is 1.51. The van der Waals surface area contributed by atoms with Crippen LogP contribution in [-0.4, -0.2) is 56.7 Å². The monoisotopic (exact) mass is 311 g/mol. The molecule has 0 radical (unpaired) electrons. The van der Waals surface area contributed by atoms with Gasteiger partial charge in [0.15, 0.2) is 0 Å². The van der Waals surface area contributed by atoms with Gasteiger partial charge in [-0.05, 0) is 44.2 Å². The number of rotatable bonds is 8. The summed E-state index contributed by atoms with van der Waals surface area (Å²) in [5.41, 5.74) is 6.04. The van der Waals surface area contributed by atoms with Crippen molar-refractivity contribution in [1.82, 2.24) is 10.2 Å². The lowest BCUT2D eigenvalue weighted by molar-refractivity contribution is -0.124. The highest BCUT2D eigenvalue weighted by Crippen LogP contribution is 2.38. The van der Waals surface area contributed by atoms with Gasteiger partial charge in [-0.3, -0.25) is 9.69 Å². The molecule has 1 saturated carbocycles. The number of likely N-dealkylation sites (tertiary alicyclic amines) is 1. The maximum absolute atomic E-state index is 12.3. The van der Waals surface area contributed by atoms with Crippen molar-refractivity contribution < 1.29 is 9.53 Å². The first-order chi connectivity index (χ1) is 10.7. The van der Waals surface area contributed by atoms with Crippen molar-refractivity contribution in [3.05, 3.63) is 0 Å². The summed E-state index contributed by atoms with van der Waals surface area (Å²) in [7, 11) is 1.74. The van der Waals surface area contributed by atoms with Gasteiger partial charge in [0, 0.05) is 32.7 Å². The lowest BCUT2D eigenvalue weighted by Crippen LogP contribution is -2.44. The van der Waals surface area contributed by atoms with Crippen molar-refractivity contribution in [3.8, 4) is 0 Å². The average molecular weight is 311 g/mol. The minimum Gasteiger partial charge on any atom is -0.383 e. The largest absolute Gasteiger partial charge is 0.383 e. The first-order valence-corrected chi connectivity index (χ1v) is 8.89. The van der Waals surface area contributed by atoms with Crippen LogP contribution in [0.4, 0.5) is 0 Å². The van der Waals surface area contributed by atoms with Crippen LogP contribution >= 0.6 is 0 Å². The van der Waals surface area contributed by atoms with Crippen LogP contribution in [0.2, 0.25) is 0 Å². The zero-order valence-corrected chi connectivity index (χ0v) is 14.1. The number of hydrogen-bond donors (Lipinski definition) is 2. The summed E-state index contributed by atoms with van der Waals surface area (Å²) >= 11 is 0. The molecule has 1 atom stereocenters. The number of hydrogen-bond acceptors (Lipinski definition) is 4. The number of nitrogens with zero attached hydrogens (tertiary/aromatic N) is 1. The van der Waals surface area contributed by atoms with E-state index >= 15 is 0 Å². The average Bonchev–Trinajstić information content (AvgIpc) is 2.99. The molecule has 1 aliphatic carbocycles. The fraction of sp³-hybridized carbons (Fsp3) is 0.941. The van der Waals surface area contributed by atoms with Crippen LogP contribution in [0.25, 0.3) is 0 Å². The molecule has 5 nitrogen and oxygen atoms in total. The molecule has 2 aliphatic rings. The molecule has 128 valence electrons. The Bertz CT molecular complexity index is 343. The molecular weight excluding hydrogens is 278 g/mol. The fourth-order valence-electron chi connectivity index (χ4n) is 4.02. The smallest absolute Gasteiger partial charge is 0.220 e. The lowest BCUT2D eigenvalue weighted by atomic mass is 9.71. The van der Waals surface area contributed by atoms with Gasteiger partial charge in [-0.2, -0.15) is 0 Å². The Kier molecular flexibility index (Phi) is 7.12. The second kappa shape index (κ2) is 8.85. The Morgan fingerprint density at radius 2 is 2.09 bits per heavy atom. The van der Waals surface area contributed by atoms with E-state index in [-0.39, 0.29) is 11.3 Å². The highest BCUT2D eigenvalue weighted by molar-refractivity contribution is 5.76. The number of ether oxygens (including phenoxy) is 1. The van der Waals surface area contributed by atoms with E-state index in [0.29, 0.717) is 19.0 Å². The third-order valence-electron chi connectivity index (χ3n) is 5.50. The first kappa shape index (κ1) is 17.7. The maximum Gasteiger partial charge on any atom is 0.220 e. The molecule has 1 saturated heterocycles. The Morgan fingerprint density at radius 3 is 2.77 bits per heavy atom. The summed E-state index contributed by atoms with van der Waals surface area (Å²) in [6.45, 7) is 4.26. The zero-order chi connectivity index (χ0) is 15.8. The third-order valence-corrected chi connectivity index (χ3v) is 5.50. The van der Waals surface area contributed by atoms with Crippen LogP contribution < -0.4 is 11.1 Å². The SMILES string of the molecule is COCCN1CCCC1CNC(=O)CC1(CN)CCCCC1. The van der Waals surface area contributed by atoms with Gasteiger partial charge in [0.05, 0.1) is 6.61 Å². The molecule has 1 aliphatic heterocycles. The quantitative estimate of drug-likeness (QED) is 0.713. The Morgan fingerprint density at radius 1 is 1.32 bits per heavy atom. The van der Waals surface area contributed by atoms with E-state index in [4.69, 9.17) is 10.5 Å². The second-order valence-corrected chi connectivity index (χ2v) is 7.07. The van der Waals surface area contributed by atoms with E-state index in [1.54, 1.807) is 7.11 Å². The fourth-order valence-corrected chi connectivity index (χ4v) is 4.02. The van der Waals surface area contributed by atoms with Gasteiger partial charge in [-0.1, -0.05) is 19.3 Å². The third kappa shape index (κ3) is 4.93. The van der Waals surface area contributed by atoms with Crippen LogP contribution in [0.1, 0.15) is 51.4 Å². The summed E-state index contributed by atoms with van der Waals surface area (Å²) in [5, 5.41) is 3.16. The molecule has 2 rings (SSSR count). The molecule has 0 aromatic rings. The Hall–Kier alpha value is -0.650. The molecule has 3 N–H and O–H groups in total. The highest BCUT2D eigenvalue weighted by Gasteiger charge is 2.33. The van der Waals surface area contributed by atoms with Gasteiger partial charge in [0.25, 0.3) is 0 Å². The second-order valence-electron chi connectivity index (χ2n) is 7.07. The molecule has 2 fully saturated rings. The molecule has 0 spiro atoms. The first-order valence-electron chi connectivity index (χ1n) is 8.89. The van der Waals surface area contributed by atoms with Crippen LogP contribution in [-0.2, 0) is 9.53 Å². The lowest BCUT2D eigenvalue weighted by Gasteiger charge is -2.35. The summed E-state index contributed by atoms with van der Waals surface area (Å²) in [4.78, 5) is 14.8. The van der Waals surface area contributed by atoms with Crippen molar-refractivity contribution in [2.24, 2.45) is 11.1 Å². The zero-order valence-electron chi connectivity index (χ0n) is 14.1. The van der Waals surface area contributed by atoms with Crippen LogP contribution in [0, 0.1) is 5.41 Å². The number of nitrogens with two attached hydrogens (primary N) is 1. The van der Waals surface area contributed by atoms with E-state index in [0.717, 1.165) is 39.1 Å². The number of carbonyl (C=O) groups is 1. The van der Waals surface area contributed by atoms with Gasteiger partial charge in [0.1, 0.15) is 0 Å². The van der Waals surface area contributed by atoms with Crippen molar-refractivity contribution >= 4 is 5.91 Å². The molecular formula is C17H33N3O2. The van der Waals surface area contributed by atoms with E-state index in [2.05, 4.69) is 10.2 Å². The number of carbonyl (C=O) groups excluding carboxylic acids is 1. The molecule has 1 unspecified atom stereocenters. The Balaban J connectivity index is 1.74. The molecule has 0 aromatic carbocycles. The number of nitrogens with one attached hydrogen (secondary N) is 1. The predicted molar refractivity (Wildman–Crippen MR) is 88.7 cm³/mol. The molecule has 22 heavy (non-hydrogen) atoms. The van der Waals surface area contributed by atoms with Gasteiger partial charge in [-0.25, -0.2) is 0 Å². The van der Waals surface area contributed by atoms with Crippen LogP contribution in [0.5, 0.6) is 0 Å². The van der Waals surface area contributed by atoms with Crippen LogP contribution in [0.15, 0.2) is 0 Å². The summed E-state index contributed by atoms with van der Waals surface area (Å²) in [6.07, 6.45) is 8.95. The summed E-state index contributed by atoms with van der Waals surface area (Å²) in [5.74, 6) is 0.186. The van der Waals surface area contributed by atoms with Crippen molar-refractivity contribution in [3.63, 3.8) is 0 Å². The molecule has 5 heteroatoms. The molecule has 1 heterocycles. The highest BCUT2D eigenvalue weighted by atomic mass is 16.5. The normalized spacial score (nSPS) is 25.3.